The SMILES string of the molecule is CSc1ccc([C@H]2C(=O)N(c3ccc(C)cc3)CC(=O)N2c2cccc(C)c2C)cc1. The van der Waals surface area contributed by atoms with Crippen LogP contribution in [0.5, 0.6) is 0 Å². The van der Waals surface area contributed by atoms with Gasteiger partial charge in [0, 0.05) is 16.3 Å². The number of amides is 2. The van der Waals surface area contributed by atoms with E-state index in [9.17, 15) is 9.59 Å². The fraction of sp³-hybridized carbons (Fsp3) is 0.231. The van der Waals surface area contributed by atoms with Crippen LogP contribution in [0.25, 0.3) is 0 Å². The van der Waals surface area contributed by atoms with Crippen molar-refractivity contribution in [3.63, 3.8) is 0 Å². The fourth-order valence-corrected chi connectivity index (χ4v) is 4.39. The molecule has 1 atom stereocenters. The number of anilines is 2. The van der Waals surface area contributed by atoms with E-state index in [2.05, 4.69) is 0 Å². The Kier molecular flexibility index (Phi) is 5.88. The molecule has 1 heterocycles. The van der Waals surface area contributed by atoms with E-state index in [0.717, 1.165) is 38.5 Å². The Balaban J connectivity index is 1.84. The van der Waals surface area contributed by atoms with Gasteiger partial charge < -0.3 is 4.90 Å². The molecule has 1 fully saturated rings. The molecule has 1 saturated heterocycles. The monoisotopic (exact) mass is 430 g/mol. The van der Waals surface area contributed by atoms with Crippen molar-refractivity contribution in [2.45, 2.75) is 31.7 Å². The lowest BCUT2D eigenvalue weighted by atomic mass is 9.97. The highest BCUT2D eigenvalue weighted by Crippen LogP contribution is 2.37. The average Bonchev–Trinajstić information content (AvgIpc) is 2.78. The molecule has 0 unspecified atom stereocenters. The minimum atomic E-state index is -0.709. The summed E-state index contributed by atoms with van der Waals surface area (Å²) in [6.45, 7) is 6.05. The van der Waals surface area contributed by atoms with Crippen molar-refractivity contribution in [2.75, 3.05) is 22.6 Å². The summed E-state index contributed by atoms with van der Waals surface area (Å²) >= 11 is 1.65. The molecular weight excluding hydrogens is 404 g/mol. The molecule has 0 bridgehead atoms. The third-order valence-electron chi connectivity index (χ3n) is 5.93. The Bertz CT molecular complexity index is 1120. The highest BCUT2D eigenvalue weighted by Gasteiger charge is 2.42. The third kappa shape index (κ3) is 3.98. The zero-order chi connectivity index (χ0) is 22.1. The summed E-state index contributed by atoms with van der Waals surface area (Å²) in [4.78, 5) is 31.7. The number of carbonyl (C=O) groups excluding carboxylic acids is 2. The van der Waals surface area contributed by atoms with Crippen LogP contribution in [0.2, 0.25) is 0 Å². The molecule has 0 aliphatic carbocycles. The predicted octanol–water partition coefficient (Wildman–Crippen LogP) is 5.45. The predicted molar refractivity (Wildman–Crippen MR) is 128 cm³/mol. The quantitative estimate of drug-likeness (QED) is 0.517. The lowest BCUT2D eigenvalue weighted by molar-refractivity contribution is -0.128. The number of rotatable bonds is 4. The summed E-state index contributed by atoms with van der Waals surface area (Å²) in [6.07, 6.45) is 2.02. The van der Waals surface area contributed by atoms with E-state index in [1.165, 1.54) is 0 Å². The molecule has 4 nitrogen and oxygen atoms in total. The molecule has 5 heteroatoms. The molecule has 158 valence electrons. The Morgan fingerprint density at radius 3 is 2.19 bits per heavy atom. The fourth-order valence-electron chi connectivity index (χ4n) is 3.98. The lowest BCUT2D eigenvalue weighted by Gasteiger charge is -2.41. The maximum absolute atomic E-state index is 13.8. The number of nitrogens with zero attached hydrogens (tertiary/aromatic N) is 2. The van der Waals surface area contributed by atoms with Gasteiger partial charge >= 0.3 is 0 Å². The molecule has 31 heavy (non-hydrogen) atoms. The number of piperazine rings is 1. The van der Waals surface area contributed by atoms with Gasteiger partial charge in [0.1, 0.15) is 12.6 Å². The van der Waals surface area contributed by atoms with Crippen molar-refractivity contribution in [3.05, 3.63) is 89.0 Å². The zero-order valence-electron chi connectivity index (χ0n) is 18.3. The van der Waals surface area contributed by atoms with Crippen LogP contribution in [0, 0.1) is 20.8 Å². The number of hydrogen-bond donors (Lipinski definition) is 0. The normalized spacial score (nSPS) is 16.7. The molecule has 0 radical (unpaired) electrons. The summed E-state index contributed by atoms with van der Waals surface area (Å²) < 4.78 is 0. The van der Waals surface area contributed by atoms with Crippen molar-refractivity contribution in [3.8, 4) is 0 Å². The minimum absolute atomic E-state index is 0.0225. The van der Waals surface area contributed by atoms with Gasteiger partial charge in [-0.05, 0) is 74.0 Å². The van der Waals surface area contributed by atoms with E-state index in [4.69, 9.17) is 0 Å². The van der Waals surface area contributed by atoms with E-state index in [1.54, 1.807) is 21.6 Å². The van der Waals surface area contributed by atoms with Crippen LogP contribution in [0.3, 0.4) is 0 Å². The summed E-state index contributed by atoms with van der Waals surface area (Å²) in [5.74, 6) is -0.186. The highest BCUT2D eigenvalue weighted by molar-refractivity contribution is 7.98. The second-order valence-electron chi connectivity index (χ2n) is 7.92. The van der Waals surface area contributed by atoms with E-state index in [-0.39, 0.29) is 18.4 Å². The number of hydrogen-bond acceptors (Lipinski definition) is 3. The third-order valence-corrected chi connectivity index (χ3v) is 6.68. The lowest BCUT2D eigenvalue weighted by Crippen LogP contribution is -2.56. The largest absolute Gasteiger partial charge is 0.301 e. The maximum Gasteiger partial charge on any atom is 0.255 e. The van der Waals surface area contributed by atoms with Crippen LogP contribution in [-0.4, -0.2) is 24.6 Å². The van der Waals surface area contributed by atoms with E-state index >= 15 is 0 Å². The smallest absolute Gasteiger partial charge is 0.255 e. The first-order chi connectivity index (χ1) is 14.9. The van der Waals surface area contributed by atoms with Gasteiger partial charge in [-0.15, -0.1) is 11.8 Å². The van der Waals surface area contributed by atoms with Crippen LogP contribution in [-0.2, 0) is 9.59 Å². The number of aryl methyl sites for hydroxylation is 2. The van der Waals surface area contributed by atoms with E-state index in [1.807, 2.05) is 93.8 Å². The molecule has 3 aromatic carbocycles. The summed E-state index contributed by atoms with van der Waals surface area (Å²) in [7, 11) is 0. The van der Waals surface area contributed by atoms with Gasteiger partial charge in [-0.3, -0.25) is 14.5 Å². The van der Waals surface area contributed by atoms with Crippen molar-refractivity contribution >= 4 is 35.0 Å². The number of carbonyl (C=O) groups is 2. The van der Waals surface area contributed by atoms with Gasteiger partial charge in [0.05, 0.1) is 0 Å². The number of benzene rings is 3. The molecule has 3 aromatic rings. The van der Waals surface area contributed by atoms with Crippen molar-refractivity contribution in [1.29, 1.82) is 0 Å². The van der Waals surface area contributed by atoms with Gasteiger partial charge in [0.2, 0.25) is 5.91 Å². The first-order valence-electron chi connectivity index (χ1n) is 10.3. The van der Waals surface area contributed by atoms with Crippen LogP contribution in [0.4, 0.5) is 11.4 Å². The molecule has 1 aliphatic heterocycles. The van der Waals surface area contributed by atoms with E-state index < -0.39 is 6.04 Å². The highest BCUT2D eigenvalue weighted by atomic mass is 32.2. The van der Waals surface area contributed by atoms with Gasteiger partial charge in [0.15, 0.2) is 0 Å². The molecular formula is C26H26N2O2S. The summed E-state index contributed by atoms with van der Waals surface area (Å²) in [5.41, 5.74) is 5.57. The maximum atomic E-state index is 13.8. The van der Waals surface area contributed by atoms with Crippen LogP contribution in [0.1, 0.15) is 28.3 Å². The van der Waals surface area contributed by atoms with Crippen LogP contribution in [0.15, 0.2) is 71.6 Å². The molecule has 0 saturated carbocycles. The standard InChI is InChI=1S/C26H26N2O2S/c1-17-8-12-21(13-9-17)27-16-24(29)28(23-7-5-6-18(2)19(23)3)25(26(27)30)20-10-14-22(31-4)15-11-20/h5-15,25H,16H2,1-4H3/t25-/m0/s1. The Morgan fingerprint density at radius 1 is 0.871 bits per heavy atom. The molecule has 0 spiro atoms. The minimum Gasteiger partial charge on any atom is -0.301 e. The topological polar surface area (TPSA) is 40.6 Å². The second-order valence-corrected chi connectivity index (χ2v) is 8.80. The molecule has 2 amide bonds. The summed E-state index contributed by atoms with van der Waals surface area (Å²) in [5, 5.41) is 0. The first-order valence-corrected chi connectivity index (χ1v) is 11.5. The van der Waals surface area contributed by atoms with Crippen LogP contribution >= 0.6 is 11.8 Å². The van der Waals surface area contributed by atoms with Gasteiger partial charge in [0.25, 0.3) is 5.91 Å². The molecule has 1 aliphatic rings. The summed E-state index contributed by atoms with van der Waals surface area (Å²) in [6, 6.07) is 20.8. The Morgan fingerprint density at radius 2 is 1.55 bits per heavy atom. The van der Waals surface area contributed by atoms with Gasteiger partial charge in [-0.2, -0.15) is 0 Å². The molecule has 4 rings (SSSR count). The number of thioether (sulfide) groups is 1. The zero-order valence-corrected chi connectivity index (χ0v) is 19.1. The average molecular weight is 431 g/mol. The van der Waals surface area contributed by atoms with Crippen molar-refractivity contribution in [2.24, 2.45) is 0 Å². The van der Waals surface area contributed by atoms with Gasteiger partial charge in [-0.1, -0.05) is 42.0 Å². The molecule has 0 N–H and O–H groups in total. The van der Waals surface area contributed by atoms with Crippen molar-refractivity contribution in [1.82, 2.24) is 0 Å². The van der Waals surface area contributed by atoms with Gasteiger partial charge in [-0.25, -0.2) is 0 Å². The van der Waals surface area contributed by atoms with Crippen LogP contribution < -0.4 is 9.80 Å². The Labute approximate surface area is 187 Å². The van der Waals surface area contributed by atoms with E-state index in [0.29, 0.717) is 0 Å². The molecule has 0 aromatic heterocycles. The van der Waals surface area contributed by atoms with Crippen molar-refractivity contribution < 1.29 is 9.59 Å². The first kappa shape index (κ1) is 21.2. The Hall–Kier alpha value is -3.05. The second kappa shape index (κ2) is 8.60.